The Hall–Kier alpha value is -1.94. The number of anilines is 1. The molecule has 0 saturated carbocycles. The van der Waals surface area contributed by atoms with E-state index in [9.17, 15) is 4.79 Å². The number of nitrogens with two attached hydrogens (primary N) is 1. The van der Waals surface area contributed by atoms with Crippen LogP contribution in [0.3, 0.4) is 0 Å². The number of carbonyl (C=O) groups excluding carboxylic acids is 1. The molecule has 0 aliphatic heterocycles. The number of hydrogen-bond donors (Lipinski definition) is 2. The topological polar surface area (TPSA) is 55.1 Å². The van der Waals surface area contributed by atoms with Gasteiger partial charge < -0.3 is 11.1 Å². The van der Waals surface area contributed by atoms with E-state index in [1.807, 2.05) is 25.1 Å². The van der Waals surface area contributed by atoms with Crippen molar-refractivity contribution in [1.29, 1.82) is 0 Å². The first kappa shape index (κ1) is 15.4. The number of hydrogen-bond acceptors (Lipinski definition) is 3. The molecule has 0 aliphatic carbocycles. The first-order valence-electron chi connectivity index (χ1n) is 6.97. The molecule has 4 heteroatoms. The largest absolute Gasteiger partial charge is 0.399 e. The van der Waals surface area contributed by atoms with Crippen LogP contribution in [0, 0.1) is 6.92 Å². The lowest BCUT2D eigenvalue weighted by molar-refractivity contribution is 0.0953. The van der Waals surface area contributed by atoms with Gasteiger partial charge in [0.2, 0.25) is 0 Å². The number of benzene rings is 2. The second-order valence-electron chi connectivity index (χ2n) is 4.83. The fourth-order valence-corrected chi connectivity index (χ4v) is 3.20. The third kappa shape index (κ3) is 4.02. The Balaban J connectivity index is 2.20. The maximum Gasteiger partial charge on any atom is 0.252 e. The van der Waals surface area contributed by atoms with Crippen molar-refractivity contribution in [3.63, 3.8) is 0 Å². The molecule has 0 unspecified atom stereocenters. The first-order valence-corrected chi connectivity index (χ1v) is 7.95. The highest BCUT2D eigenvalue weighted by molar-refractivity contribution is 7.98. The predicted octanol–water partition coefficient (Wildman–Crippen LogP) is 3.62. The number of nitrogen functional groups attached to an aromatic ring is 1. The Morgan fingerprint density at radius 2 is 2.00 bits per heavy atom. The van der Waals surface area contributed by atoms with Crippen LogP contribution in [0.4, 0.5) is 5.69 Å². The third-order valence-corrected chi connectivity index (χ3v) is 4.34. The Bertz CT molecular complexity index is 640. The van der Waals surface area contributed by atoms with Crippen molar-refractivity contribution in [2.45, 2.75) is 24.5 Å². The van der Waals surface area contributed by atoms with E-state index in [4.69, 9.17) is 5.73 Å². The van der Waals surface area contributed by atoms with E-state index in [1.165, 1.54) is 11.1 Å². The quantitative estimate of drug-likeness (QED) is 0.655. The number of carbonyl (C=O) groups is 1. The highest BCUT2D eigenvalue weighted by atomic mass is 32.2. The van der Waals surface area contributed by atoms with Crippen molar-refractivity contribution < 1.29 is 4.79 Å². The van der Waals surface area contributed by atoms with Crippen LogP contribution in [-0.4, -0.2) is 12.5 Å². The first-order chi connectivity index (χ1) is 10.1. The summed E-state index contributed by atoms with van der Waals surface area (Å²) in [7, 11) is 0. The lowest BCUT2D eigenvalue weighted by atomic mass is 10.1. The van der Waals surface area contributed by atoms with Gasteiger partial charge in [-0.3, -0.25) is 4.79 Å². The van der Waals surface area contributed by atoms with Crippen LogP contribution in [0.5, 0.6) is 0 Å². The standard InChI is InChI=1S/C17H20N2OS/c1-3-19-17(20)15-9-8-14(18)10-16(15)21-11-13-7-5-4-6-12(13)2/h4-10H,3,11,18H2,1-2H3,(H,19,20). The smallest absolute Gasteiger partial charge is 0.252 e. The lowest BCUT2D eigenvalue weighted by Crippen LogP contribution is -2.23. The molecule has 0 spiro atoms. The molecule has 2 aromatic rings. The van der Waals surface area contributed by atoms with E-state index in [-0.39, 0.29) is 5.91 Å². The fourth-order valence-electron chi connectivity index (χ4n) is 2.03. The zero-order valence-corrected chi connectivity index (χ0v) is 13.2. The van der Waals surface area contributed by atoms with Gasteiger partial charge in [-0.1, -0.05) is 24.3 Å². The Morgan fingerprint density at radius 3 is 2.71 bits per heavy atom. The number of nitrogens with one attached hydrogen (secondary N) is 1. The van der Waals surface area contributed by atoms with Crippen LogP contribution in [0.1, 0.15) is 28.4 Å². The molecular formula is C17H20N2OS. The van der Waals surface area contributed by atoms with Gasteiger partial charge in [0, 0.05) is 22.9 Å². The van der Waals surface area contributed by atoms with Crippen LogP contribution in [0.25, 0.3) is 0 Å². The normalized spacial score (nSPS) is 10.4. The molecule has 0 aromatic heterocycles. The van der Waals surface area contributed by atoms with Gasteiger partial charge in [0.05, 0.1) is 5.56 Å². The minimum Gasteiger partial charge on any atom is -0.399 e. The molecule has 21 heavy (non-hydrogen) atoms. The van der Waals surface area contributed by atoms with Crippen molar-refractivity contribution in [3.8, 4) is 0 Å². The summed E-state index contributed by atoms with van der Waals surface area (Å²) in [5.74, 6) is 0.771. The van der Waals surface area contributed by atoms with Gasteiger partial charge in [0.1, 0.15) is 0 Å². The van der Waals surface area contributed by atoms with Gasteiger partial charge in [0.15, 0.2) is 0 Å². The number of aryl methyl sites for hydroxylation is 1. The predicted molar refractivity (Wildman–Crippen MR) is 89.6 cm³/mol. The molecule has 110 valence electrons. The molecule has 0 fully saturated rings. The van der Waals surface area contributed by atoms with Gasteiger partial charge >= 0.3 is 0 Å². The van der Waals surface area contributed by atoms with Crippen molar-refractivity contribution in [2.24, 2.45) is 0 Å². The summed E-state index contributed by atoms with van der Waals surface area (Å²) in [6.45, 7) is 4.63. The van der Waals surface area contributed by atoms with Gasteiger partial charge in [-0.2, -0.15) is 0 Å². The number of thioether (sulfide) groups is 1. The summed E-state index contributed by atoms with van der Waals surface area (Å²) < 4.78 is 0. The van der Waals surface area contributed by atoms with Crippen LogP contribution in [-0.2, 0) is 5.75 Å². The average Bonchev–Trinajstić information content (AvgIpc) is 2.46. The molecule has 1 amide bonds. The van der Waals surface area contributed by atoms with Crippen LogP contribution in [0.2, 0.25) is 0 Å². The van der Waals surface area contributed by atoms with E-state index in [2.05, 4.69) is 24.4 Å². The van der Waals surface area contributed by atoms with Gasteiger partial charge in [-0.15, -0.1) is 11.8 Å². The van der Waals surface area contributed by atoms with Crippen molar-refractivity contribution in [1.82, 2.24) is 5.32 Å². The third-order valence-electron chi connectivity index (χ3n) is 3.23. The summed E-state index contributed by atoms with van der Waals surface area (Å²) >= 11 is 1.64. The molecular weight excluding hydrogens is 280 g/mol. The van der Waals surface area contributed by atoms with Crippen molar-refractivity contribution in [2.75, 3.05) is 12.3 Å². The summed E-state index contributed by atoms with van der Waals surface area (Å²) in [6.07, 6.45) is 0. The lowest BCUT2D eigenvalue weighted by Gasteiger charge is -2.11. The van der Waals surface area contributed by atoms with Crippen LogP contribution < -0.4 is 11.1 Å². The Morgan fingerprint density at radius 1 is 1.24 bits per heavy atom. The van der Waals surface area contributed by atoms with E-state index in [1.54, 1.807) is 23.9 Å². The fraction of sp³-hybridized carbons (Fsp3) is 0.235. The monoisotopic (exact) mass is 300 g/mol. The molecule has 0 radical (unpaired) electrons. The summed E-state index contributed by atoms with van der Waals surface area (Å²) in [6, 6.07) is 13.7. The minimum atomic E-state index is -0.0511. The molecule has 3 nitrogen and oxygen atoms in total. The second-order valence-corrected chi connectivity index (χ2v) is 5.85. The Kier molecular flexibility index (Phi) is 5.28. The summed E-state index contributed by atoms with van der Waals surface area (Å²) in [5, 5.41) is 2.84. The van der Waals surface area contributed by atoms with E-state index >= 15 is 0 Å². The Labute approximate surface area is 129 Å². The zero-order chi connectivity index (χ0) is 15.2. The second kappa shape index (κ2) is 7.18. The van der Waals surface area contributed by atoms with Crippen LogP contribution >= 0.6 is 11.8 Å². The van der Waals surface area contributed by atoms with E-state index in [0.29, 0.717) is 17.8 Å². The van der Waals surface area contributed by atoms with Crippen LogP contribution in [0.15, 0.2) is 47.4 Å². The maximum atomic E-state index is 12.1. The molecule has 3 N–H and O–H groups in total. The molecule has 0 atom stereocenters. The SMILES string of the molecule is CCNC(=O)c1ccc(N)cc1SCc1ccccc1C. The number of amides is 1. The van der Waals surface area contributed by atoms with Crippen molar-refractivity contribution >= 4 is 23.4 Å². The highest BCUT2D eigenvalue weighted by Gasteiger charge is 2.12. The molecule has 2 rings (SSSR count). The van der Waals surface area contributed by atoms with Gasteiger partial charge in [-0.05, 0) is 43.2 Å². The molecule has 0 saturated heterocycles. The minimum absolute atomic E-state index is 0.0511. The van der Waals surface area contributed by atoms with Gasteiger partial charge in [-0.25, -0.2) is 0 Å². The molecule has 0 aliphatic rings. The molecule has 0 bridgehead atoms. The molecule has 2 aromatic carbocycles. The summed E-state index contributed by atoms with van der Waals surface area (Å²) in [5.41, 5.74) is 9.74. The highest BCUT2D eigenvalue weighted by Crippen LogP contribution is 2.29. The van der Waals surface area contributed by atoms with Crippen molar-refractivity contribution in [3.05, 3.63) is 59.2 Å². The maximum absolute atomic E-state index is 12.1. The number of rotatable bonds is 5. The van der Waals surface area contributed by atoms with Gasteiger partial charge in [0.25, 0.3) is 5.91 Å². The summed E-state index contributed by atoms with van der Waals surface area (Å²) in [4.78, 5) is 13.0. The average molecular weight is 300 g/mol. The van der Waals surface area contributed by atoms with E-state index in [0.717, 1.165) is 10.6 Å². The molecule has 0 heterocycles. The van der Waals surface area contributed by atoms with E-state index < -0.39 is 0 Å². The zero-order valence-electron chi connectivity index (χ0n) is 12.3.